The summed E-state index contributed by atoms with van der Waals surface area (Å²) in [6.07, 6.45) is 4.90. The van der Waals surface area contributed by atoms with Crippen molar-refractivity contribution in [2.45, 2.75) is 31.3 Å². The van der Waals surface area contributed by atoms with Gasteiger partial charge in [0.1, 0.15) is 6.04 Å². The summed E-state index contributed by atoms with van der Waals surface area (Å²) in [6, 6.07) is 1.97. The van der Waals surface area contributed by atoms with E-state index in [1.165, 1.54) is 0 Å². The van der Waals surface area contributed by atoms with E-state index in [4.69, 9.17) is 5.84 Å². The molecule has 0 bridgehead atoms. The van der Waals surface area contributed by atoms with Gasteiger partial charge in [0.2, 0.25) is 0 Å². The predicted octanol–water partition coefficient (Wildman–Crippen LogP) is -0.468. The summed E-state index contributed by atoms with van der Waals surface area (Å²) in [7, 11) is 0. The number of nitrogens with two attached hydrogens (primary N) is 1. The smallest absolute Gasteiger partial charge is 0.328 e. The van der Waals surface area contributed by atoms with Crippen LogP contribution in [-0.2, 0) is 16.0 Å². The highest BCUT2D eigenvalue weighted by Gasteiger charge is 2.33. The van der Waals surface area contributed by atoms with Crippen LogP contribution in [0.2, 0.25) is 0 Å². The fraction of sp³-hybridized carbons (Fsp3) is 0.462. The Morgan fingerprint density at radius 1 is 1.50 bits per heavy atom. The first-order valence-electron chi connectivity index (χ1n) is 6.52. The molecular weight excluding hydrogens is 260 g/mol. The van der Waals surface area contributed by atoms with Crippen molar-refractivity contribution >= 4 is 11.9 Å². The Morgan fingerprint density at radius 2 is 2.20 bits per heavy atom. The molecule has 0 radical (unpaired) electrons. The molecule has 0 aromatic carbocycles. The van der Waals surface area contributed by atoms with E-state index in [0.29, 0.717) is 6.42 Å². The minimum atomic E-state index is -1.12. The summed E-state index contributed by atoms with van der Waals surface area (Å²) >= 11 is 0. The lowest BCUT2D eigenvalue weighted by atomic mass is 10.1. The first kappa shape index (κ1) is 14.4. The Morgan fingerprint density at radius 3 is 2.75 bits per heavy atom. The highest BCUT2D eigenvalue weighted by Crippen LogP contribution is 2.12. The molecule has 7 heteroatoms. The van der Waals surface area contributed by atoms with Crippen LogP contribution in [0.5, 0.6) is 0 Å². The van der Waals surface area contributed by atoms with Gasteiger partial charge in [-0.15, -0.1) is 0 Å². The van der Waals surface area contributed by atoms with Crippen molar-refractivity contribution < 1.29 is 14.7 Å². The predicted molar refractivity (Wildman–Crippen MR) is 71.4 cm³/mol. The monoisotopic (exact) mass is 278 g/mol. The van der Waals surface area contributed by atoms with Gasteiger partial charge < -0.3 is 10.4 Å². The number of carboxylic acids is 1. The maximum Gasteiger partial charge on any atom is 0.328 e. The summed E-state index contributed by atoms with van der Waals surface area (Å²) in [5.41, 5.74) is 0.773. The third kappa shape index (κ3) is 3.31. The molecule has 4 N–H and O–H groups in total. The van der Waals surface area contributed by atoms with Crippen molar-refractivity contribution in [3.05, 3.63) is 30.1 Å². The molecule has 0 spiro atoms. The molecule has 1 fully saturated rings. The molecule has 1 aliphatic heterocycles. The molecule has 108 valence electrons. The number of rotatable bonds is 5. The maximum absolute atomic E-state index is 12.1. The molecule has 20 heavy (non-hydrogen) atoms. The standard InChI is InChI=1S/C13H18N4O3/c14-17(12(18)10-2-1-5-16-10)11(13(19)20)8-9-3-6-15-7-4-9/h3-4,6-7,10-11,16H,1-2,5,8,14H2,(H,19,20)/t10-,11-/m0/s1. The zero-order valence-corrected chi connectivity index (χ0v) is 11.0. The van der Waals surface area contributed by atoms with Gasteiger partial charge in [-0.25, -0.2) is 10.6 Å². The molecular formula is C13H18N4O3. The minimum absolute atomic E-state index is 0.160. The summed E-state index contributed by atoms with van der Waals surface area (Å²) in [4.78, 5) is 27.4. The van der Waals surface area contributed by atoms with Gasteiger partial charge in [0, 0.05) is 18.8 Å². The van der Waals surface area contributed by atoms with Crippen LogP contribution in [-0.4, -0.2) is 45.6 Å². The normalized spacial score (nSPS) is 19.6. The third-order valence-electron chi connectivity index (χ3n) is 3.41. The van der Waals surface area contributed by atoms with E-state index in [1.54, 1.807) is 24.5 Å². The number of hydrazine groups is 1. The third-order valence-corrected chi connectivity index (χ3v) is 3.41. The number of carbonyl (C=O) groups excluding carboxylic acids is 1. The Bertz CT molecular complexity index is 474. The number of hydrogen-bond acceptors (Lipinski definition) is 5. The summed E-state index contributed by atoms with van der Waals surface area (Å²) in [5, 5.41) is 13.1. The van der Waals surface area contributed by atoms with E-state index >= 15 is 0 Å². The fourth-order valence-corrected chi connectivity index (χ4v) is 2.28. The number of aliphatic carboxylic acids is 1. The van der Waals surface area contributed by atoms with Gasteiger partial charge >= 0.3 is 5.97 Å². The first-order valence-corrected chi connectivity index (χ1v) is 6.52. The van der Waals surface area contributed by atoms with Crippen molar-refractivity contribution in [2.75, 3.05) is 6.54 Å². The van der Waals surface area contributed by atoms with Crippen LogP contribution in [0.4, 0.5) is 0 Å². The summed E-state index contributed by atoms with van der Waals surface area (Å²) < 4.78 is 0. The average molecular weight is 278 g/mol. The van der Waals surface area contributed by atoms with E-state index in [0.717, 1.165) is 23.5 Å². The van der Waals surface area contributed by atoms with E-state index < -0.39 is 12.0 Å². The Balaban J connectivity index is 2.07. The molecule has 0 aliphatic carbocycles. The largest absolute Gasteiger partial charge is 0.480 e. The number of pyridine rings is 1. The van der Waals surface area contributed by atoms with Crippen LogP contribution in [0.25, 0.3) is 0 Å². The van der Waals surface area contributed by atoms with E-state index in [2.05, 4.69) is 10.3 Å². The average Bonchev–Trinajstić information content (AvgIpc) is 2.98. The van der Waals surface area contributed by atoms with Crippen LogP contribution in [0, 0.1) is 0 Å². The number of aromatic nitrogens is 1. The lowest BCUT2D eigenvalue weighted by Gasteiger charge is -2.26. The molecule has 0 unspecified atom stereocenters. The second kappa shape index (κ2) is 6.44. The van der Waals surface area contributed by atoms with Gasteiger partial charge in [-0.1, -0.05) is 0 Å². The van der Waals surface area contributed by atoms with Gasteiger partial charge in [-0.05, 0) is 37.1 Å². The molecule has 1 amide bonds. The fourth-order valence-electron chi connectivity index (χ4n) is 2.28. The lowest BCUT2D eigenvalue weighted by Crippen LogP contribution is -2.55. The Hall–Kier alpha value is -1.99. The van der Waals surface area contributed by atoms with Crippen molar-refractivity contribution in [3.63, 3.8) is 0 Å². The first-order chi connectivity index (χ1) is 9.59. The zero-order chi connectivity index (χ0) is 14.5. The molecule has 1 aromatic rings. The maximum atomic E-state index is 12.1. The number of nitrogens with one attached hydrogen (secondary N) is 1. The van der Waals surface area contributed by atoms with Gasteiger partial charge in [-0.2, -0.15) is 0 Å². The van der Waals surface area contributed by atoms with Crippen LogP contribution >= 0.6 is 0 Å². The van der Waals surface area contributed by atoms with Crippen molar-refractivity contribution in [2.24, 2.45) is 5.84 Å². The van der Waals surface area contributed by atoms with Crippen LogP contribution in [0.3, 0.4) is 0 Å². The molecule has 2 rings (SSSR count). The van der Waals surface area contributed by atoms with Crippen molar-refractivity contribution in [1.29, 1.82) is 0 Å². The Labute approximate surface area is 116 Å². The molecule has 1 saturated heterocycles. The second-order valence-electron chi connectivity index (χ2n) is 4.81. The van der Waals surface area contributed by atoms with Crippen molar-refractivity contribution in [1.82, 2.24) is 15.3 Å². The van der Waals surface area contributed by atoms with Crippen LogP contribution in [0.1, 0.15) is 18.4 Å². The molecule has 1 aliphatic rings. The van der Waals surface area contributed by atoms with E-state index in [9.17, 15) is 14.7 Å². The quantitative estimate of drug-likeness (QED) is 0.382. The summed E-state index contributed by atoms with van der Waals surface area (Å²) in [5.74, 6) is 4.25. The minimum Gasteiger partial charge on any atom is -0.480 e. The lowest BCUT2D eigenvalue weighted by molar-refractivity contribution is -0.151. The van der Waals surface area contributed by atoms with Gasteiger partial charge in [0.05, 0.1) is 6.04 Å². The molecule has 0 saturated carbocycles. The summed E-state index contributed by atoms with van der Waals surface area (Å²) in [6.45, 7) is 0.756. The molecule has 1 aromatic heterocycles. The molecule has 2 atom stereocenters. The van der Waals surface area contributed by atoms with E-state index in [-0.39, 0.29) is 18.4 Å². The van der Waals surface area contributed by atoms with Crippen LogP contribution in [0.15, 0.2) is 24.5 Å². The highest BCUT2D eigenvalue weighted by molar-refractivity contribution is 5.86. The van der Waals surface area contributed by atoms with Crippen molar-refractivity contribution in [3.8, 4) is 0 Å². The molecule has 7 nitrogen and oxygen atoms in total. The van der Waals surface area contributed by atoms with Gasteiger partial charge in [-0.3, -0.25) is 14.8 Å². The SMILES string of the molecule is NN(C(=O)[C@@H]1CCCN1)[C@@H](Cc1ccncc1)C(=O)O. The second-order valence-corrected chi connectivity index (χ2v) is 4.81. The Kier molecular flexibility index (Phi) is 4.65. The number of hydrogen-bond donors (Lipinski definition) is 3. The number of carboxylic acid groups (broad SMARTS) is 1. The number of nitrogens with zero attached hydrogens (tertiary/aromatic N) is 2. The van der Waals surface area contributed by atoms with E-state index in [1.807, 2.05) is 0 Å². The van der Waals surface area contributed by atoms with Gasteiger partial charge in [0.15, 0.2) is 0 Å². The van der Waals surface area contributed by atoms with Crippen LogP contribution < -0.4 is 11.2 Å². The number of amides is 1. The molecule has 2 heterocycles. The van der Waals surface area contributed by atoms with Gasteiger partial charge in [0.25, 0.3) is 5.91 Å². The topological polar surface area (TPSA) is 109 Å². The zero-order valence-electron chi connectivity index (χ0n) is 11.0. The number of carbonyl (C=O) groups is 2. The highest BCUT2D eigenvalue weighted by atomic mass is 16.4.